The summed E-state index contributed by atoms with van der Waals surface area (Å²) in [7, 11) is 0. The molecule has 0 spiro atoms. The second-order valence-corrected chi connectivity index (χ2v) is 7.36. The molecule has 1 saturated heterocycles. The smallest absolute Gasteiger partial charge is 0.306 e. The minimum Gasteiger partial charge on any atom is -0.481 e. The minimum absolute atomic E-state index is 0.0468. The fourth-order valence-electron chi connectivity index (χ4n) is 4.11. The predicted octanol–water partition coefficient (Wildman–Crippen LogP) is 4.43. The van der Waals surface area contributed by atoms with E-state index in [9.17, 15) is 9.90 Å². The molecule has 1 aliphatic heterocycles. The first-order chi connectivity index (χ1) is 13.1. The van der Waals surface area contributed by atoms with Gasteiger partial charge in [0.2, 0.25) is 0 Å². The third-order valence-electron chi connectivity index (χ3n) is 5.64. The summed E-state index contributed by atoms with van der Waals surface area (Å²) in [5, 5.41) is 11.8. The molecule has 0 bridgehead atoms. The molecular weight excluding hydrogens is 336 g/mol. The highest BCUT2D eigenvalue weighted by Crippen LogP contribution is 2.34. The van der Waals surface area contributed by atoms with Crippen LogP contribution < -0.4 is 0 Å². The maximum atomic E-state index is 11.3. The second kappa shape index (κ2) is 7.49. The Balaban J connectivity index is 1.74. The molecule has 138 valence electrons. The number of carboxylic acids is 1. The van der Waals surface area contributed by atoms with Crippen molar-refractivity contribution < 1.29 is 9.90 Å². The van der Waals surface area contributed by atoms with Crippen LogP contribution in [0.1, 0.15) is 35.7 Å². The van der Waals surface area contributed by atoms with E-state index < -0.39 is 5.97 Å². The van der Waals surface area contributed by atoms with Crippen molar-refractivity contribution in [2.75, 3.05) is 13.1 Å². The fourth-order valence-corrected chi connectivity index (χ4v) is 4.11. The molecule has 0 radical (unpaired) electrons. The van der Waals surface area contributed by atoms with E-state index in [0.29, 0.717) is 12.8 Å². The first kappa shape index (κ1) is 17.7. The Morgan fingerprint density at radius 3 is 2.52 bits per heavy atom. The maximum Gasteiger partial charge on any atom is 0.306 e. The summed E-state index contributed by atoms with van der Waals surface area (Å²) in [6.07, 6.45) is 3.22. The quantitative estimate of drug-likeness (QED) is 0.748. The number of carboxylic acid groups (broad SMARTS) is 1. The van der Waals surface area contributed by atoms with Crippen LogP contribution in [-0.4, -0.2) is 34.0 Å². The summed E-state index contributed by atoms with van der Waals surface area (Å²) in [6, 6.07) is 19.1. The molecule has 0 aliphatic carbocycles. The monoisotopic (exact) mass is 360 g/mol. The lowest BCUT2D eigenvalue weighted by Crippen LogP contribution is -2.39. The van der Waals surface area contributed by atoms with Crippen LogP contribution in [0.4, 0.5) is 0 Å². The summed E-state index contributed by atoms with van der Waals surface area (Å²) in [6.45, 7) is 3.63. The van der Waals surface area contributed by atoms with Gasteiger partial charge in [-0.3, -0.25) is 14.7 Å². The lowest BCUT2D eigenvalue weighted by atomic mass is 9.91. The van der Waals surface area contributed by atoms with Crippen molar-refractivity contribution in [3.63, 3.8) is 0 Å². The molecule has 4 rings (SSSR count). The number of aryl methyl sites for hydroxylation is 1. The van der Waals surface area contributed by atoms with Crippen LogP contribution in [0.2, 0.25) is 0 Å². The van der Waals surface area contributed by atoms with Crippen molar-refractivity contribution in [1.82, 2.24) is 9.88 Å². The zero-order chi connectivity index (χ0) is 18.8. The van der Waals surface area contributed by atoms with Crippen molar-refractivity contribution in [3.05, 3.63) is 77.6 Å². The van der Waals surface area contributed by atoms with Crippen molar-refractivity contribution >= 4 is 16.7 Å². The van der Waals surface area contributed by atoms with E-state index in [1.54, 1.807) is 0 Å². The molecule has 27 heavy (non-hydrogen) atoms. The molecule has 1 N–H and O–H groups in total. The number of aromatic nitrogens is 1. The zero-order valence-electron chi connectivity index (χ0n) is 15.5. The number of hydrogen-bond acceptors (Lipinski definition) is 3. The minimum atomic E-state index is -0.675. The Morgan fingerprint density at radius 2 is 1.81 bits per heavy atom. The number of likely N-dealkylation sites (tertiary alicyclic amines) is 1. The van der Waals surface area contributed by atoms with Gasteiger partial charge in [-0.05, 0) is 66.9 Å². The third-order valence-corrected chi connectivity index (χ3v) is 5.64. The zero-order valence-corrected chi connectivity index (χ0v) is 15.5. The summed E-state index contributed by atoms with van der Waals surface area (Å²) < 4.78 is 0. The van der Waals surface area contributed by atoms with E-state index >= 15 is 0 Å². The van der Waals surface area contributed by atoms with Gasteiger partial charge in [0.15, 0.2) is 0 Å². The number of piperidine rings is 1. The van der Waals surface area contributed by atoms with Crippen LogP contribution in [0, 0.1) is 12.8 Å². The molecule has 3 aromatic rings. The molecule has 2 aromatic carbocycles. The van der Waals surface area contributed by atoms with E-state index in [-0.39, 0.29) is 12.0 Å². The number of nitrogens with zero attached hydrogens (tertiary/aromatic N) is 2. The van der Waals surface area contributed by atoms with Gasteiger partial charge in [-0.15, -0.1) is 0 Å². The van der Waals surface area contributed by atoms with E-state index in [2.05, 4.69) is 60.4 Å². The number of aliphatic carboxylic acids is 1. The lowest BCUT2D eigenvalue weighted by molar-refractivity contribution is -0.143. The molecule has 1 fully saturated rings. The average Bonchev–Trinajstić information content (AvgIpc) is 2.70. The standard InChI is InChI=1S/C23H24N2O2/c1-16-5-4-12-24-21(16)22(25-13-10-18(11-14-25)23(26)27)20-9-8-17-6-2-3-7-19(17)15-20/h2-9,12,15,18,22H,10-11,13-14H2,1H3,(H,26,27). The van der Waals surface area contributed by atoms with Gasteiger partial charge in [0.25, 0.3) is 0 Å². The first-order valence-corrected chi connectivity index (χ1v) is 9.50. The van der Waals surface area contributed by atoms with Crippen LogP contribution in [0.3, 0.4) is 0 Å². The van der Waals surface area contributed by atoms with Crippen LogP contribution in [0.15, 0.2) is 60.8 Å². The third kappa shape index (κ3) is 3.58. The van der Waals surface area contributed by atoms with Crippen LogP contribution in [0.25, 0.3) is 10.8 Å². The number of hydrogen-bond donors (Lipinski definition) is 1. The molecule has 1 atom stereocenters. The van der Waals surface area contributed by atoms with Crippen LogP contribution in [-0.2, 0) is 4.79 Å². The molecule has 0 saturated carbocycles. The number of fused-ring (bicyclic) bond motifs is 1. The molecule has 2 heterocycles. The average molecular weight is 360 g/mol. The van der Waals surface area contributed by atoms with Gasteiger partial charge in [0.1, 0.15) is 0 Å². The lowest BCUT2D eigenvalue weighted by Gasteiger charge is -2.37. The highest BCUT2D eigenvalue weighted by molar-refractivity contribution is 5.83. The van der Waals surface area contributed by atoms with Gasteiger partial charge in [0.05, 0.1) is 17.7 Å². The molecule has 4 nitrogen and oxygen atoms in total. The molecule has 1 aliphatic rings. The summed E-state index contributed by atoms with van der Waals surface area (Å²) in [5.41, 5.74) is 3.43. The SMILES string of the molecule is Cc1cccnc1C(c1ccc2ccccc2c1)N1CCC(C(=O)O)CC1. The first-order valence-electron chi connectivity index (χ1n) is 9.50. The van der Waals surface area contributed by atoms with Crippen molar-refractivity contribution in [2.45, 2.75) is 25.8 Å². The highest BCUT2D eigenvalue weighted by Gasteiger charge is 2.31. The Morgan fingerprint density at radius 1 is 1.07 bits per heavy atom. The summed E-state index contributed by atoms with van der Waals surface area (Å²) >= 11 is 0. The van der Waals surface area contributed by atoms with Gasteiger partial charge in [-0.1, -0.05) is 42.5 Å². The van der Waals surface area contributed by atoms with Gasteiger partial charge in [0, 0.05) is 6.20 Å². The van der Waals surface area contributed by atoms with Crippen molar-refractivity contribution in [3.8, 4) is 0 Å². The summed E-state index contributed by atoms with van der Waals surface area (Å²) in [5.74, 6) is -0.908. The highest BCUT2D eigenvalue weighted by atomic mass is 16.4. The van der Waals surface area contributed by atoms with Gasteiger partial charge in [-0.2, -0.15) is 0 Å². The predicted molar refractivity (Wildman–Crippen MR) is 107 cm³/mol. The maximum absolute atomic E-state index is 11.3. The summed E-state index contributed by atoms with van der Waals surface area (Å²) in [4.78, 5) is 18.4. The Hall–Kier alpha value is -2.72. The van der Waals surface area contributed by atoms with Crippen LogP contribution >= 0.6 is 0 Å². The molecular formula is C23H24N2O2. The molecule has 1 unspecified atom stereocenters. The Kier molecular flexibility index (Phi) is 4.90. The molecule has 4 heteroatoms. The van der Waals surface area contributed by atoms with E-state index in [4.69, 9.17) is 4.98 Å². The second-order valence-electron chi connectivity index (χ2n) is 7.36. The normalized spacial score (nSPS) is 17.1. The van der Waals surface area contributed by atoms with E-state index in [1.165, 1.54) is 16.3 Å². The van der Waals surface area contributed by atoms with Gasteiger partial charge < -0.3 is 5.11 Å². The number of benzene rings is 2. The Bertz CT molecular complexity index is 961. The number of carbonyl (C=O) groups is 1. The van der Waals surface area contributed by atoms with E-state index in [1.807, 2.05) is 12.3 Å². The number of rotatable bonds is 4. The fraction of sp³-hybridized carbons (Fsp3) is 0.304. The van der Waals surface area contributed by atoms with E-state index in [0.717, 1.165) is 24.3 Å². The Labute approximate surface area is 159 Å². The van der Waals surface area contributed by atoms with Crippen molar-refractivity contribution in [1.29, 1.82) is 0 Å². The molecule has 1 aromatic heterocycles. The number of pyridine rings is 1. The van der Waals surface area contributed by atoms with Crippen molar-refractivity contribution in [2.24, 2.45) is 5.92 Å². The van der Waals surface area contributed by atoms with Gasteiger partial charge >= 0.3 is 5.97 Å². The largest absolute Gasteiger partial charge is 0.481 e. The topological polar surface area (TPSA) is 53.4 Å². The van der Waals surface area contributed by atoms with Crippen LogP contribution in [0.5, 0.6) is 0 Å². The van der Waals surface area contributed by atoms with Gasteiger partial charge in [-0.25, -0.2) is 0 Å². The molecule has 0 amide bonds.